The zero-order chi connectivity index (χ0) is 18.0. The number of halogens is 2. The average molecular weight is 357 g/mol. The van der Waals surface area contributed by atoms with Gasteiger partial charge in [0.05, 0.1) is 17.6 Å². The van der Waals surface area contributed by atoms with Crippen LogP contribution in [0.3, 0.4) is 0 Å². The van der Waals surface area contributed by atoms with Gasteiger partial charge in [-0.25, -0.2) is 4.39 Å². The Labute approximate surface area is 151 Å². The highest BCUT2D eigenvalue weighted by molar-refractivity contribution is 6.43. The topological polar surface area (TPSA) is 32.7 Å². The Morgan fingerprint density at radius 1 is 1.36 bits per heavy atom. The summed E-state index contributed by atoms with van der Waals surface area (Å²) >= 11 is 6.02. The number of carbonyl (C=O) groups is 1. The van der Waals surface area contributed by atoms with Crippen molar-refractivity contribution in [2.24, 2.45) is 5.10 Å². The Morgan fingerprint density at radius 2 is 2.08 bits per heavy atom. The molecule has 0 saturated heterocycles. The van der Waals surface area contributed by atoms with Crippen molar-refractivity contribution in [1.82, 2.24) is 0 Å². The largest absolute Gasteiger partial charge is 0.293 e. The SMILES string of the molecule is C=CCC1(c2ccccc2)CN(c2cc(Cl)ccc2F)N=C1C(C)=O. The Kier molecular flexibility index (Phi) is 4.73. The Hall–Kier alpha value is -2.46. The molecule has 1 unspecified atom stereocenters. The van der Waals surface area contributed by atoms with E-state index in [9.17, 15) is 9.18 Å². The number of hydrogen-bond donors (Lipinski definition) is 0. The summed E-state index contributed by atoms with van der Waals surface area (Å²) in [6, 6.07) is 14.0. The molecule has 0 aliphatic carbocycles. The molecule has 0 saturated carbocycles. The molecule has 25 heavy (non-hydrogen) atoms. The van der Waals surface area contributed by atoms with Crippen molar-refractivity contribution in [3.05, 3.63) is 77.6 Å². The maximum absolute atomic E-state index is 14.3. The van der Waals surface area contributed by atoms with Crippen LogP contribution in [0.4, 0.5) is 10.1 Å². The van der Waals surface area contributed by atoms with Gasteiger partial charge in [-0.05, 0) is 30.2 Å². The molecule has 1 heterocycles. The van der Waals surface area contributed by atoms with Gasteiger partial charge in [0.1, 0.15) is 11.5 Å². The third-order valence-corrected chi connectivity index (χ3v) is 4.67. The minimum atomic E-state index is -0.663. The predicted octanol–water partition coefficient (Wildman–Crippen LogP) is 4.76. The van der Waals surface area contributed by atoms with E-state index in [0.717, 1.165) is 5.56 Å². The van der Waals surface area contributed by atoms with Gasteiger partial charge in [0.2, 0.25) is 0 Å². The smallest absolute Gasteiger partial charge is 0.176 e. The maximum Gasteiger partial charge on any atom is 0.176 e. The van der Waals surface area contributed by atoms with E-state index in [1.807, 2.05) is 30.3 Å². The molecular formula is C20H18ClFN2O. The first-order chi connectivity index (χ1) is 12.0. The van der Waals surface area contributed by atoms with Gasteiger partial charge in [-0.3, -0.25) is 9.80 Å². The van der Waals surface area contributed by atoms with Crippen LogP contribution in [-0.4, -0.2) is 18.0 Å². The van der Waals surface area contributed by atoms with Crippen LogP contribution in [0.2, 0.25) is 5.02 Å². The third-order valence-electron chi connectivity index (χ3n) is 4.43. The van der Waals surface area contributed by atoms with E-state index in [-0.39, 0.29) is 11.5 Å². The molecule has 0 fully saturated rings. The van der Waals surface area contributed by atoms with E-state index >= 15 is 0 Å². The molecule has 0 radical (unpaired) electrons. The molecule has 0 spiro atoms. The fraction of sp³-hybridized carbons (Fsp3) is 0.200. The highest BCUT2D eigenvalue weighted by Gasteiger charge is 2.46. The lowest BCUT2D eigenvalue weighted by atomic mass is 9.73. The first-order valence-electron chi connectivity index (χ1n) is 7.97. The summed E-state index contributed by atoms with van der Waals surface area (Å²) in [5.74, 6) is -0.575. The number of hydrogen-bond acceptors (Lipinski definition) is 3. The molecule has 3 nitrogen and oxygen atoms in total. The first-order valence-corrected chi connectivity index (χ1v) is 8.35. The van der Waals surface area contributed by atoms with Gasteiger partial charge < -0.3 is 0 Å². The van der Waals surface area contributed by atoms with Crippen LogP contribution < -0.4 is 5.01 Å². The molecule has 0 aromatic heterocycles. The first kappa shape index (κ1) is 17.4. The van der Waals surface area contributed by atoms with Crippen LogP contribution in [0.1, 0.15) is 18.9 Å². The molecule has 1 atom stereocenters. The van der Waals surface area contributed by atoms with Crippen LogP contribution >= 0.6 is 11.6 Å². The number of nitrogens with zero attached hydrogens (tertiary/aromatic N) is 2. The summed E-state index contributed by atoms with van der Waals surface area (Å²) in [5.41, 5.74) is 0.948. The van der Waals surface area contributed by atoms with Crippen molar-refractivity contribution in [2.75, 3.05) is 11.6 Å². The van der Waals surface area contributed by atoms with Gasteiger partial charge in [-0.15, -0.1) is 6.58 Å². The van der Waals surface area contributed by atoms with Crippen molar-refractivity contribution in [3.63, 3.8) is 0 Å². The second-order valence-corrected chi connectivity index (χ2v) is 6.54. The fourth-order valence-corrected chi connectivity index (χ4v) is 3.49. The van der Waals surface area contributed by atoms with Crippen molar-refractivity contribution < 1.29 is 9.18 Å². The lowest BCUT2D eigenvalue weighted by molar-refractivity contribution is -0.111. The van der Waals surface area contributed by atoms with E-state index < -0.39 is 11.2 Å². The molecule has 1 aliphatic heterocycles. The quantitative estimate of drug-likeness (QED) is 0.724. The number of carbonyl (C=O) groups excluding carboxylic acids is 1. The van der Waals surface area contributed by atoms with Gasteiger partial charge in [-0.2, -0.15) is 5.10 Å². The molecule has 5 heteroatoms. The molecule has 2 aromatic carbocycles. The van der Waals surface area contributed by atoms with Gasteiger partial charge in [0, 0.05) is 11.9 Å². The summed E-state index contributed by atoms with van der Waals surface area (Å²) in [6.07, 6.45) is 2.29. The number of Topliss-reactive ketones (excluding diaryl/α,β-unsaturated/α-hetero) is 1. The van der Waals surface area contributed by atoms with E-state index in [0.29, 0.717) is 23.7 Å². The van der Waals surface area contributed by atoms with E-state index in [4.69, 9.17) is 11.6 Å². The summed E-state index contributed by atoms with van der Waals surface area (Å²) in [7, 11) is 0. The van der Waals surface area contributed by atoms with E-state index in [2.05, 4.69) is 11.7 Å². The number of allylic oxidation sites excluding steroid dienone is 1. The summed E-state index contributed by atoms with van der Waals surface area (Å²) in [5, 5.41) is 6.40. The highest BCUT2D eigenvalue weighted by atomic mass is 35.5. The lowest BCUT2D eigenvalue weighted by Gasteiger charge is -2.30. The van der Waals surface area contributed by atoms with Crippen molar-refractivity contribution >= 4 is 28.8 Å². The van der Waals surface area contributed by atoms with E-state index in [1.54, 1.807) is 6.08 Å². The van der Waals surface area contributed by atoms with Crippen LogP contribution in [0.15, 0.2) is 66.3 Å². The third kappa shape index (κ3) is 3.10. The average Bonchev–Trinajstić information content (AvgIpc) is 2.99. The molecule has 0 N–H and O–H groups in total. The van der Waals surface area contributed by atoms with Crippen molar-refractivity contribution in [1.29, 1.82) is 0 Å². The van der Waals surface area contributed by atoms with E-state index in [1.165, 1.54) is 30.1 Å². The van der Waals surface area contributed by atoms with Crippen LogP contribution in [0.5, 0.6) is 0 Å². The molecular weight excluding hydrogens is 339 g/mol. The number of hydrazone groups is 1. The highest BCUT2D eigenvalue weighted by Crippen LogP contribution is 2.39. The number of rotatable bonds is 5. The van der Waals surface area contributed by atoms with Crippen LogP contribution in [0.25, 0.3) is 0 Å². The monoisotopic (exact) mass is 356 g/mol. The standard InChI is InChI=1S/C20H18ClFN2O/c1-3-11-20(15-7-5-4-6-8-15)13-24(23-19(20)14(2)25)18-12-16(21)9-10-17(18)22/h3-10,12H,1,11,13H2,2H3. The second-order valence-electron chi connectivity index (χ2n) is 6.10. The lowest BCUT2D eigenvalue weighted by Crippen LogP contribution is -2.41. The molecule has 0 amide bonds. The van der Waals surface area contributed by atoms with Gasteiger partial charge in [-0.1, -0.05) is 48.0 Å². The van der Waals surface area contributed by atoms with Crippen molar-refractivity contribution in [2.45, 2.75) is 18.8 Å². The van der Waals surface area contributed by atoms with Crippen LogP contribution in [-0.2, 0) is 10.2 Å². The summed E-state index contributed by atoms with van der Waals surface area (Å²) in [6.45, 7) is 5.66. The maximum atomic E-state index is 14.3. The molecule has 0 bridgehead atoms. The normalized spacial score (nSPS) is 19.6. The Morgan fingerprint density at radius 3 is 2.72 bits per heavy atom. The Balaban J connectivity index is 2.14. The summed E-state index contributed by atoms with van der Waals surface area (Å²) in [4.78, 5) is 12.3. The van der Waals surface area contributed by atoms with Crippen molar-refractivity contribution in [3.8, 4) is 0 Å². The minimum Gasteiger partial charge on any atom is -0.293 e. The van der Waals surface area contributed by atoms with Gasteiger partial charge in [0.25, 0.3) is 0 Å². The van der Waals surface area contributed by atoms with Crippen LogP contribution in [0, 0.1) is 5.82 Å². The zero-order valence-corrected chi connectivity index (χ0v) is 14.6. The van der Waals surface area contributed by atoms with Gasteiger partial charge >= 0.3 is 0 Å². The number of anilines is 1. The second kappa shape index (κ2) is 6.81. The minimum absolute atomic E-state index is 0.143. The zero-order valence-electron chi connectivity index (χ0n) is 13.9. The summed E-state index contributed by atoms with van der Waals surface area (Å²) < 4.78 is 14.3. The predicted molar refractivity (Wildman–Crippen MR) is 99.8 cm³/mol. The number of ketones is 1. The molecule has 3 rings (SSSR count). The fourth-order valence-electron chi connectivity index (χ4n) is 3.32. The molecule has 128 valence electrons. The Bertz CT molecular complexity index is 850. The molecule has 2 aromatic rings. The number of benzene rings is 2. The molecule has 1 aliphatic rings. The van der Waals surface area contributed by atoms with Gasteiger partial charge in [0.15, 0.2) is 5.78 Å².